The lowest BCUT2D eigenvalue weighted by atomic mass is 10.1. The Morgan fingerprint density at radius 2 is 1.71 bits per heavy atom. The summed E-state index contributed by atoms with van der Waals surface area (Å²) in [5, 5.41) is 8.73. The molecule has 0 saturated carbocycles. The molecule has 6 heteroatoms. The van der Waals surface area contributed by atoms with Gasteiger partial charge in [0.1, 0.15) is 5.75 Å². The second-order valence-electron chi connectivity index (χ2n) is 7.87. The Morgan fingerprint density at radius 3 is 2.32 bits per heavy atom. The highest BCUT2D eigenvalue weighted by Crippen LogP contribution is 2.23. The first-order chi connectivity index (χ1) is 15.6. The first kappa shape index (κ1) is 21.2. The van der Waals surface area contributed by atoms with E-state index in [4.69, 9.17) is 12.6 Å². The molecule has 1 amide bonds. The van der Waals surface area contributed by atoms with Crippen molar-refractivity contribution in [2.24, 2.45) is 0 Å². The van der Waals surface area contributed by atoms with Crippen LogP contribution in [0.15, 0.2) is 48.5 Å². The Hall–Kier alpha value is -3.02. The Morgan fingerprint density at radius 1 is 1.03 bits per heavy atom. The van der Waals surface area contributed by atoms with Gasteiger partial charge in [0.25, 0.3) is 5.91 Å². The van der Waals surface area contributed by atoms with Gasteiger partial charge in [-0.3, -0.25) is 9.59 Å². The number of unbranched alkanes of at least 4 members (excludes halogenated alkanes) is 2. The molecule has 0 aliphatic carbocycles. The Labute approximate surface area is 188 Å². The van der Waals surface area contributed by atoms with Crippen LogP contribution in [-0.4, -0.2) is 48.6 Å². The SMILES string of the molecule is [2H]C([2H])(c1ccccc1OCCCCCC(=O)O)N(C(=O)c1ccc(N(C)C)cc1)C(C)C. The van der Waals surface area contributed by atoms with Gasteiger partial charge in [0, 0.05) is 49.9 Å². The quantitative estimate of drug-likeness (QED) is 0.491. The molecule has 0 unspecified atom stereocenters. The molecule has 1 N–H and O–H groups in total. The van der Waals surface area contributed by atoms with E-state index < -0.39 is 24.4 Å². The van der Waals surface area contributed by atoms with Crippen LogP contribution in [0.5, 0.6) is 5.75 Å². The molecule has 168 valence electrons. The number of ether oxygens (including phenoxy) is 1. The number of carbonyl (C=O) groups is 2. The van der Waals surface area contributed by atoms with Gasteiger partial charge in [-0.05, 0) is 63.4 Å². The van der Waals surface area contributed by atoms with E-state index in [1.807, 2.05) is 31.1 Å². The molecule has 2 aromatic rings. The topological polar surface area (TPSA) is 70.1 Å². The monoisotopic (exact) mass is 428 g/mol. The summed E-state index contributed by atoms with van der Waals surface area (Å²) in [4.78, 5) is 27.2. The molecule has 2 rings (SSSR count). The van der Waals surface area contributed by atoms with E-state index in [-0.39, 0.29) is 12.0 Å². The molecule has 0 bridgehead atoms. The molecular formula is C25H34N2O4. The van der Waals surface area contributed by atoms with E-state index in [0.29, 0.717) is 37.2 Å². The maximum absolute atomic E-state index is 13.4. The standard InChI is InChI=1S/C25H34N2O4/c1-19(2)27(25(30)20-13-15-22(16-14-20)26(3)4)18-21-10-7-8-11-23(21)31-17-9-5-6-12-24(28)29/h7-8,10-11,13-16,19H,5-6,9,12,17-18H2,1-4H3,(H,28,29)/i18D2. The number of benzene rings is 2. The first-order valence-corrected chi connectivity index (χ1v) is 10.6. The van der Waals surface area contributed by atoms with Crippen LogP contribution >= 0.6 is 0 Å². The molecule has 0 aromatic heterocycles. The third kappa shape index (κ3) is 7.63. The van der Waals surface area contributed by atoms with Crippen LogP contribution in [0.3, 0.4) is 0 Å². The van der Waals surface area contributed by atoms with Crippen LogP contribution in [0.4, 0.5) is 5.69 Å². The van der Waals surface area contributed by atoms with E-state index >= 15 is 0 Å². The van der Waals surface area contributed by atoms with Gasteiger partial charge in [0.05, 0.1) is 9.35 Å². The van der Waals surface area contributed by atoms with Crippen molar-refractivity contribution in [1.29, 1.82) is 0 Å². The minimum absolute atomic E-state index is 0.125. The van der Waals surface area contributed by atoms with Gasteiger partial charge >= 0.3 is 5.97 Å². The number of carbonyl (C=O) groups excluding carboxylic acids is 1. The third-order valence-corrected chi connectivity index (χ3v) is 4.79. The van der Waals surface area contributed by atoms with E-state index in [1.54, 1.807) is 50.2 Å². The second kappa shape index (κ2) is 12.0. The fraction of sp³-hybridized carbons (Fsp3) is 0.440. The van der Waals surface area contributed by atoms with Gasteiger partial charge in [-0.25, -0.2) is 0 Å². The van der Waals surface area contributed by atoms with Gasteiger partial charge in [-0.1, -0.05) is 18.2 Å². The number of rotatable bonds is 12. The zero-order valence-electron chi connectivity index (χ0n) is 20.8. The van der Waals surface area contributed by atoms with Gasteiger partial charge in [-0.15, -0.1) is 0 Å². The molecule has 0 saturated heterocycles. The van der Waals surface area contributed by atoms with Crippen molar-refractivity contribution < 1.29 is 22.2 Å². The number of para-hydroxylation sites is 1. The van der Waals surface area contributed by atoms with Crippen molar-refractivity contribution in [2.75, 3.05) is 25.6 Å². The highest BCUT2D eigenvalue weighted by Gasteiger charge is 2.20. The first-order valence-electron chi connectivity index (χ1n) is 11.6. The lowest BCUT2D eigenvalue weighted by molar-refractivity contribution is -0.137. The second-order valence-corrected chi connectivity index (χ2v) is 7.87. The Kier molecular flexibility index (Phi) is 8.20. The van der Waals surface area contributed by atoms with Crippen molar-refractivity contribution in [3.63, 3.8) is 0 Å². The number of nitrogens with zero attached hydrogens (tertiary/aromatic N) is 2. The Bertz CT molecular complexity index is 930. The molecule has 0 fully saturated rings. The molecule has 0 spiro atoms. The lowest BCUT2D eigenvalue weighted by Crippen LogP contribution is -2.36. The van der Waals surface area contributed by atoms with Gasteiger partial charge in [0.15, 0.2) is 0 Å². The number of hydrogen-bond acceptors (Lipinski definition) is 4. The number of amides is 1. The van der Waals surface area contributed by atoms with Crippen LogP contribution in [0.2, 0.25) is 0 Å². The summed E-state index contributed by atoms with van der Waals surface area (Å²) in [5.74, 6) is -0.838. The number of carboxylic acid groups (broad SMARTS) is 1. The van der Waals surface area contributed by atoms with Crippen molar-refractivity contribution in [3.8, 4) is 5.75 Å². The fourth-order valence-corrected chi connectivity index (χ4v) is 3.01. The largest absolute Gasteiger partial charge is 0.493 e. The van der Waals surface area contributed by atoms with Gasteiger partial charge < -0.3 is 19.6 Å². The van der Waals surface area contributed by atoms with Crippen LogP contribution in [-0.2, 0) is 11.3 Å². The summed E-state index contributed by atoms with van der Waals surface area (Å²) in [5.41, 5.74) is 1.64. The smallest absolute Gasteiger partial charge is 0.303 e. The summed E-state index contributed by atoms with van der Waals surface area (Å²) < 4.78 is 23.7. The van der Waals surface area contributed by atoms with Gasteiger partial charge in [-0.2, -0.15) is 0 Å². The van der Waals surface area contributed by atoms with Crippen LogP contribution in [0.25, 0.3) is 0 Å². The van der Waals surface area contributed by atoms with Crippen molar-refractivity contribution in [2.45, 2.75) is 52.1 Å². The summed E-state index contributed by atoms with van der Waals surface area (Å²) in [7, 11) is 3.83. The van der Waals surface area contributed by atoms with Crippen molar-refractivity contribution in [1.82, 2.24) is 4.90 Å². The normalized spacial score (nSPS) is 12.2. The van der Waals surface area contributed by atoms with E-state index in [1.165, 1.54) is 4.90 Å². The number of carboxylic acids is 1. The summed E-state index contributed by atoms with van der Waals surface area (Å²) in [6.07, 6.45) is 2.07. The van der Waals surface area contributed by atoms with E-state index in [0.717, 1.165) is 5.69 Å². The summed E-state index contributed by atoms with van der Waals surface area (Å²) in [6, 6.07) is 13.5. The molecule has 2 aromatic carbocycles. The minimum Gasteiger partial charge on any atom is -0.493 e. The van der Waals surface area contributed by atoms with Crippen molar-refractivity contribution in [3.05, 3.63) is 59.7 Å². The molecule has 0 atom stereocenters. The van der Waals surface area contributed by atoms with Crippen LogP contribution in [0.1, 0.15) is 58.2 Å². The Balaban J connectivity index is 2.22. The van der Waals surface area contributed by atoms with Gasteiger partial charge in [0.2, 0.25) is 0 Å². The number of anilines is 1. The predicted octanol–water partition coefficient (Wildman–Crippen LogP) is 4.83. The number of hydrogen-bond donors (Lipinski definition) is 1. The average Bonchev–Trinajstić information content (AvgIpc) is 2.75. The molecule has 0 aliphatic rings. The summed E-state index contributed by atoms with van der Waals surface area (Å²) in [6.45, 7) is 1.81. The van der Waals surface area contributed by atoms with E-state index in [2.05, 4.69) is 0 Å². The zero-order valence-corrected chi connectivity index (χ0v) is 18.8. The number of aliphatic carboxylic acids is 1. The zero-order chi connectivity index (χ0) is 24.6. The van der Waals surface area contributed by atoms with Crippen LogP contribution in [0, 0.1) is 0 Å². The lowest BCUT2D eigenvalue weighted by Gasteiger charge is -2.28. The predicted molar refractivity (Wildman–Crippen MR) is 124 cm³/mol. The maximum atomic E-state index is 13.4. The molecule has 0 heterocycles. The molecule has 0 aliphatic heterocycles. The van der Waals surface area contributed by atoms with Crippen LogP contribution < -0.4 is 9.64 Å². The fourth-order valence-electron chi connectivity index (χ4n) is 3.01. The highest BCUT2D eigenvalue weighted by molar-refractivity contribution is 5.94. The third-order valence-electron chi connectivity index (χ3n) is 4.79. The molecule has 31 heavy (non-hydrogen) atoms. The molecular weight excluding hydrogens is 392 g/mol. The molecule has 6 nitrogen and oxygen atoms in total. The highest BCUT2D eigenvalue weighted by atomic mass is 16.5. The minimum atomic E-state index is -2.11. The molecule has 0 radical (unpaired) electrons. The maximum Gasteiger partial charge on any atom is 0.303 e. The van der Waals surface area contributed by atoms with E-state index in [9.17, 15) is 9.59 Å². The van der Waals surface area contributed by atoms with Crippen molar-refractivity contribution >= 4 is 17.6 Å². The average molecular weight is 429 g/mol. The summed E-state index contributed by atoms with van der Waals surface area (Å²) >= 11 is 0.